The van der Waals surface area contributed by atoms with Crippen molar-refractivity contribution in [3.05, 3.63) is 24.3 Å². The summed E-state index contributed by atoms with van der Waals surface area (Å²) in [7, 11) is -3.17. The second kappa shape index (κ2) is 6.24. The number of ether oxygens (including phenoxy) is 1. The molecule has 0 aliphatic carbocycles. The van der Waals surface area contributed by atoms with Gasteiger partial charge >= 0.3 is 5.97 Å². The van der Waals surface area contributed by atoms with Gasteiger partial charge in [-0.1, -0.05) is 0 Å². The lowest BCUT2D eigenvalue weighted by molar-refractivity contribution is -0.144. The molecule has 1 rings (SSSR count). The molecule has 0 saturated heterocycles. The van der Waals surface area contributed by atoms with Gasteiger partial charge in [0.2, 0.25) is 0 Å². The summed E-state index contributed by atoms with van der Waals surface area (Å²) in [5, 5.41) is 0. The zero-order chi connectivity index (χ0) is 13.8. The molecule has 0 aliphatic rings. The molecule has 1 aromatic rings. The van der Waals surface area contributed by atoms with E-state index in [0.29, 0.717) is 0 Å². The van der Waals surface area contributed by atoms with Gasteiger partial charge in [-0.25, -0.2) is 8.42 Å². The Kier molecular flexibility index (Phi) is 5.22. The van der Waals surface area contributed by atoms with Gasteiger partial charge in [-0.3, -0.25) is 4.79 Å². The van der Waals surface area contributed by atoms with Gasteiger partial charge in [0.15, 0.2) is 9.84 Å². The number of sulfone groups is 1. The lowest BCUT2D eigenvalue weighted by atomic mass is 10.4. The Hall–Kier alpha value is -1.01. The number of hydrogen-bond donors (Lipinski definition) is 0. The molecule has 0 aromatic heterocycles. The number of carbonyl (C=O) groups excluding carboxylic acids is 1. The fourth-order valence-corrected chi connectivity index (χ4v) is 2.53. The van der Waals surface area contributed by atoms with Crippen LogP contribution in [-0.4, -0.2) is 32.5 Å². The molecule has 0 bridgehead atoms. The van der Waals surface area contributed by atoms with Gasteiger partial charge in [0.25, 0.3) is 0 Å². The Morgan fingerprint density at radius 1 is 1.28 bits per heavy atom. The SMILES string of the molecule is CC(C)OC(=O)CSc1ccc(S(C)(=O)=O)cc1. The summed E-state index contributed by atoms with van der Waals surface area (Å²) in [4.78, 5) is 12.4. The van der Waals surface area contributed by atoms with Crippen LogP contribution in [0.4, 0.5) is 0 Å². The molecule has 0 fully saturated rings. The molecule has 18 heavy (non-hydrogen) atoms. The summed E-state index contributed by atoms with van der Waals surface area (Å²) in [6, 6.07) is 6.43. The fourth-order valence-electron chi connectivity index (χ4n) is 1.22. The molecule has 0 heterocycles. The van der Waals surface area contributed by atoms with Gasteiger partial charge in [-0.15, -0.1) is 11.8 Å². The molecular weight excluding hydrogens is 272 g/mol. The molecule has 0 radical (unpaired) electrons. The van der Waals surface area contributed by atoms with E-state index in [4.69, 9.17) is 4.74 Å². The maximum Gasteiger partial charge on any atom is 0.316 e. The minimum absolute atomic E-state index is 0.120. The van der Waals surface area contributed by atoms with Crippen molar-refractivity contribution in [1.82, 2.24) is 0 Å². The molecule has 0 amide bonds. The molecule has 0 atom stereocenters. The zero-order valence-electron chi connectivity index (χ0n) is 10.5. The first kappa shape index (κ1) is 15.0. The van der Waals surface area contributed by atoms with Crippen molar-refractivity contribution in [2.75, 3.05) is 12.0 Å². The van der Waals surface area contributed by atoms with Crippen molar-refractivity contribution in [2.24, 2.45) is 0 Å². The minimum Gasteiger partial charge on any atom is -0.462 e. The van der Waals surface area contributed by atoms with E-state index in [1.807, 2.05) is 0 Å². The largest absolute Gasteiger partial charge is 0.462 e. The van der Waals surface area contributed by atoms with E-state index in [9.17, 15) is 13.2 Å². The predicted octanol–water partition coefficient (Wildman–Crippen LogP) is 2.13. The van der Waals surface area contributed by atoms with Gasteiger partial charge < -0.3 is 4.74 Å². The number of rotatable bonds is 5. The third-order valence-electron chi connectivity index (χ3n) is 1.98. The number of esters is 1. The van der Waals surface area contributed by atoms with E-state index < -0.39 is 9.84 Å². The number of hydrogen-bond acceptors (Lipinski definition) is 5. The first-order valence-corrected chi connectivity index (χ1v) is 8.29. The van der Waals surface area contributed by atoms with Gasteiger partial charge in [0.1, 0.15) is 0 Å². The standard InChI is InChI=1S/C12H16O4S2/c1-9(2)16-12(13)8-17-10-4-6-11(7-5-10)18(3,14)15/h4-7,9H,8H2,1-3H3. The Balaban J connectivity index is 2.57. The Morgan fingerprint density at radius 3 is 2.28 bits per heavy atom. The zero-order valence-corrected chi connectivity index (χ0v) is 12.2. The van der Waals surface area contributed by atoms with Gasteiger partial charge in [0, 0.05) is 11.2 Å². The molecule has 0 N–H and O–H groups in total. The maximum absolute atomic E-state index is 11.3. The lowest BCUT2D eigenvalue weighted by Gasteiger charge is -2.07. The van der Waals surface area contributed by atoms with Gasteiger partial charge in [0.05, 0.1) is 16.8 Å². The van der Waals surface area contributed by atoms with E-state index in [1.54, 1.807) is 26.0 Å². The predicted molar refractivity (Wildman–Crippen MR) is 71.5 cm³/mol. The average Bonchev–Trinajstić information content (AvgIpc) is 2.25. The van der Waals surface area contributed by atoms with Crippen LogP contribution in [-0.2, 0) is 19.4 Å². The quantitative estimate of drug-likeness (QED) is 0.613. The topological polar surface area (TPSA) is 60.4 Å². The highest BCUT2D eigenvalue weighted by molar-refractivity contribution is 8.00. The van der Waals surface area contributed by atoms with Crippen LogP contribution >= 0.6 is 11.8 Å². The van der Waals surface area contributed by atoms with Crippen LogP contribution in [0.15, 0.2) is 34.1 Å². The van der Waals surface area contributed by atoms with Crippen molar-refractivity contribution < 1.29 is 17.9 Å². The van der Waals surface area contributed by atoms with Crippen molar-refractivity contribution in [1.29, 1.82) is 0 Å². The van der Waals surface area contributed by atoms with Gasteiger partial charge in [-0.2, -0.15) is 0 Å². The Morgan fingerprint density at radius 2 is 1.83 bits per heavy atom. The van der Waals surface area contributed by atoms with Crippen LogP contribution in [0.3, 0.4) is 0 Å². The molecule has 1 aromatic carbocycles. The van der Waals surface area contributed by atoms with Crippen molar-refractivity contribution in [3.63, 3.8) is 0 Å². The van der Waals surface area contributed by atoms with E-state index >= 15 is 0 Å². The molecule has 0 saturated carbocycles. The van der Waals surface area contributed by atoms with Crippen LogP contribution in [0.2, 0.25) is 0 Å². The summed E-state index contributed by atoms with van der Waals surface area (Å²) in [5.74, 6) is -0.0571. The third kappa shape index (κ3) is 5.10. The second-order valence-corrected chi connectivity index (χ2v) is 7.14. The van der Waals surface area contributed by atoms with Crippen molar-refractivity contribution >= 4 is 27.6 Å². The molecule has 0 unspecified atom stereocenters. The third-order valence-corrected chi connectivity index (χ3v) is 4.09. The molecule has 0 aliphatic heterocycles. The van der Waals surface area contributed by atoms with E-state index in [-0.39, 0.29) is 22.7 Å². The smallest absolute Gasteiger partial charge is 0.316 e. The van der Waals surface area contributed by atoms with Crippen LogP contribution in [0.5, 0.6) is 0 Å². The molecule has 6 heteroatoms. The van der Waals surface area contributed by atoms with Crippen LogP contribution in [0, 0.1) is 0 Å². The summed E-state index contributed by atoms with van der Waals surface area (Å²) in [6.45, 7) is 3.59. The summed E-state index contributed by atoms with van der Waals surface area (Å²) in [5.41, 5.74) is 0. The van der Waals surface area contributed by atoms with E-state index in [0.717, 1.165) is 11.2 Å². The summed E-state index contributed by atoms with van der Waals surface area (Å²) in [6.07, 6.45) is 1.04. The van der Waals surface area contributed by atoms with E-state index in [1.165, 1.54) is 23.9 Å². The first-order valence-electron chi connectivity index (χ1n) is 5.41. The van der Waals surface area contributed by atoms with Crippen molar-refractivity contribution in [2.45, 2.75) is 29.7 Å². The second-order valence-electron chi connectivity index (χ2n) is 4.07. The fraction of sp³-hybridized carbons (Fsp3) is 0.417. The Labute approximate surface area is 112 Å². The van der Waals surface area contributed by atoms with Crippen LogP contribution in [0.25, 0.3) is 0 Å². The number of carbonyl (C=O) groups is 1. The van der Waals surface area contributed by atoms with Crippen LogP contribution < -0.4 is 0 Å². The highest BCUT2D eigenvalue weighted by atomic mass is 32.2. The monoisotopic (exact) mass is 288 g/mol. The highest BCUT2D eigenvalue weighted by Gasteiger charge is 2.08. The lowest BCUT2D eigenvalue weighted by Crippen LogP contribution is -2.13. The normalized spacial score (nSPS) is 11.6. The first-order chi connectivity index (χ1) is 8.29. The summed E-state index contributed by atoms with van der Waals surface area (Å²) < 4.78 is 27.5. The molecule has 100 valence electrons. The molecule has 0 spiro atoms. The summed E-state index contributed by atoms with van der Waals surface area (Å²) >= 11 is 1.32. The average molecular weight is 288 g/mol. The van der Waals surface area contributed by atoms with Crippen molar-refractivity contribution in [3.8, 4) is 0 Å². The molecule has 4 nitrogen and oxygen atoms in total. The maximum atomic E-state index is 11.3. The van der Waals surface area contributed by atoms with Crippen LogP contribution in [0.1, 0.15) is 13.8 Å². The highest BCUT2D eigenvalue weighted by Crippen LogP contribution is 2.20. The van der Waals surface area contributed by atoms with Gasteiger partial charge in [-0.05, 0) is 38.1 Å². The minimum atomic E-state index is -3.17. The molecular formula is C12H16O4S2. The van der Waals surface area contributed by atoms with E-state index in [2.05, 4.69) is 0 Å². The number of thioether (sulfide) groups is 1. The number of benzene rings is 1. The Bertz CT molecular complexity index is 503.